The number of hydrogen-bond donors (Lipinski definition) is 1. The van der Waals surface area contributed by atoms with Gasteiger partial charge in [0.15, 0.2) is 0 Å². The highest BCUT2D eigenvalue weighted by Gasteiger charge is 2.14. The van der Waals surface area contributed by atoms with Crippen LogP contribution in [0.2, 0.25) is 5.02 Å². The molecule has 0 saturated carbocycles. The van der Waals surface area contributed by atoms with Crippen LogP contribution in [0.1, 0.15) is 5.56 Å². The van der Waals surface area contributed by atoms with E-state index in [-0.39, 0.29) is 5.82 Å². The summed E-state index contributed by atoms with van der Waals surface area (Å²) in [6.45, 7) is 5.25. The average Bonchev–Trinajstić information content (AvgIpc) is 2.25. The van der Waals surface area contributed by atoms with Crippen molar-refractivity contribution in [3.05, 3.63) is 41.1 Å². The average molecular weight is 228 g/mol. The monoisotopic (exact) mass is 227 g/mol. The van der Waals surface area contributed by atoms with Crippen molar-refractivity contribution in [1.29, 1.82) is 0 Å². The van der Waals surface area contributed by atoms with Gasteiger partial charge in [-0.1, -0.05) is 17.7 Å². The lowest BCUT2D eigenvalue weighted by Gasteiger charge is -2.27. The molecule has 1 aliphatic heterocycles. The van der Waals surface area contributed by atoms with Crippen LogP contribution in [0.15, 0.2) is 18.2 Å². The molecule has 0 aliphatic carbocycles. The second kappa shape index (κ2) is 4.92. The first kappa shape index (κ1) is 10.9. The zero-order valence-corrected chi connectivity index (χ0v) is 9.10. The van der Waals surface area contributed by atoms with E-state index in [1.54, 1.807) is 12.1 Å². The Morgan fingerprint density at radius 1 is 1.47 bits per heavy atom. The van der Waals surface area contributed by atoms with Crippen molar-refractivity contribution in [2.45, 2.75) is 6.54 Å². The summed E-state index contributed by atoms with van der Waals surface area (Å²) in [6.07, 6.45) is 0. The molecular weight excluding hydrogens is 215 g/mol. The van der Waals surface area contributed by atoms with Crippen LogP contribution in [0, 0.1) is 12.4 Å². The third-order valence-electron chi connectivity index (χ3n) is 2.49. The topological polar surface area (TPSA) is 15.3 Å². The molecule has 81 valence electrons. The first-order valence-corrected chi connectivity index (χ1v) is 5.36. The summed E-state index contributed by atoms with van der Waals surface area (Å²) in [4.78, 5) is 2.08. The number of piperazine rings is 1. The minimum Gasteiger partial charge on any atom is -0.314 e. The van der Waals surface area contributed by atoms with E-state index in [9.17, 15) is 4.39 Å². The lowest BCUT2D eigenvalue weighted by atomic mass is 10.2. The van der Waals surface area contributed by atoms with Crippen molar-refractivity contribution in [1.82, 2.24) is 10.2 Å². The number of rotatable bonds is 2. The minimum atomic E-state index is -0.227. The third-order valence-corrected chi connectivity index (χ3v) is 2.85. The van der Waals surface area contributed by atoms with Gasteiger partial charge in [0.25, 0.3) is 0 Å². The zero-order chi connectivity index (χ0) is 10.7. The van der Waals surface area contributed by atoms with Crippen molar-refractivity contribution in [2.75, 3.05) is 19.6 Å². The maximum atomic E-state index is 13.5. The van der Waals surface area contributed by atoms with Crippen LogP contribution in [0.4, 0.5) is 4.39 Å². The van der Waals surface area contributed by atoms with E-state index in [1.807, 2.05) is 6.54 Å². The molecular formula is C11H13ClFN2. The zero-order valence-electron chi connectivity index (χ0n) is 8.34. The Kier molecular flexibility index (Phi) is 3.57. The molecule has 1 radical (unpaired) electrons. The van der Waals surface area contributed by atoms with Crippen molar-refractivity contribution < 1.29 is 4.39 Å². The van der Waals surface area contributed by atoms with Gasteiger partial charge in [-0.3, -0.25) is 4.90 Å². The summed E-state index contributed by atoms with van der Waals surface area (Å²) in [7, 11) is 0. The molecule has 1 aromatic carbocycles. The van der Waals surface area contributed by atoms with Crippen molar-refractivity contribution in [2.24, 2.45) is 0 Å². The van der Waals surface area contributed by atoms with Gasteiger partial charge in [-0.2, -0.15) is 0 Å². The summed E-state index contributed by atoms with van der Waals surface area (Å²) in [6, 6.07) is 4.80. The van der Waals surface area contributed by atoms with E-state index < -0.39 is 0 Å². The predicted molar refractivity (Wildman–Crippen MR) is 59.0 cm³/mol. The first-order valence-electron chi connectivity index (χ1n) is 4.98. The Morgan fingerprint density at radius 3 is 3.00 bits per heavy atom. The van der Waals surface area contributed by atoms with Gasteiger partial charge in [0.05, 0.1) is 0 Å². The fraction of sp³-hybridized carbons (Fsp3) is 0.364. The number of benzene rings is 1. The van der Waals surface area contributed by atoms with Crippen LogP contribution < -0.4 is 5.32 Å². The summed E-state index contributed by atoms with van der Waals surface area (Å²) >= 11 is 5.95. The molecule has 0 amide bonds. The van der Waals surface area contributed by atoms with Gasteiger partial charge in [0, 0.05) is 43.3 Å². The number of hydrogen-bond acceptors (Lipinski definition) is 2. The van der Waals surface area contributed by atoms with Gasteiger partial charge >= 0.3 is 0 Å². The second-order valence-electron chi connectivity index (χ2n) is 3.56. The maximum Gasteiger partial charge on any atom is 0.129 e. The van der Waals surface area contributed by atoms with E-state index in [4.69, 9.17) is 11.6 Å². The Morgan fingerprint density at radius 2 is 2.33 bits per heavy atom. The summed E-state index contributed by atoms with van der Waals surface area (Å²) < 4.78 is 13.5. The van der Waals surface area contributed by atoms with Crippen LogP contribution in [0.5, 0.6) is 0 Å². The fourth-order valence-electron chi connectivity index (χ4n) is 1.64. The van der Waals surface area contributed by atoms with Crippen LogP contribution in [0.3, 0.4) is 0 Å². The Hall–Kier alpha value is -0.640. The SMILES string of the molecule is Fc1cccc(Cl)c1CN1[CH]CNCC1. The van der Waals surface area contributed by atoms with E-state index in [2.05, 4.69) is 10.2 Å². The van der Waals surface area contributed by atoms with Crippen LogP contribution in [0.25, 0.3) is 0 Å². The quantitative estimate of drug-likeness (QED) is 0.832. The highest BCUT2D eigenvalue weighted by Crippen LogP contribution is 2.21. The normalized spacial score (nSPS) is 18.0. The largest absolute Gasteiger partial charge is 0.314 e. The molecule has 1 heterocycles. The Balaban J connectivity index is 2.09. The fourth-order valence-corrected chi connectivity index (χ4v) is 1.86. The molecule has 2 nitrogen and oxygen atoms in total. The first-order chi connectivity index (χ1) is 7.27. The lowest BCUT2D eigenvalue weighted by Crippen LogP contribution is -2.39. The summed E-state index contributed by atoms with van der Waals surface area (Å²) in [5.74, 6) is -0.227. The van der Waals surface area contributed by atoms with Crippen LogP contribution in [-0.4, -0.2) is 24.5 Å². The molecule has 1 aliphatic rings. The molecule has 1 aromatic rings. The Labute approximate surface area is 94.0 Å². The van der Waals surface area contributed by atoms with Crippen molar-refractivity contribution >= 4 is 11.6 Å². The molecule has 1 fully saturated rings. The smallest absolute Gasteiger partial charge is 0.129 e. The van der Waals surface area contributed by atoms with E-state index in [0.29, 0.717) is 17.1 Å². The van der Waals surface area contributed by atoms with Gasteiger partial charge in [0.2, 0.25) is 0 Å². The molecule has 2 rings (SSSR count). The van der Waals surface area contributed by atoms with Gasteiger partial charge in [-0.25, -0.2) is 4.39 Å². The van der Waals surface area contributed by atoms with Gasteiger partial charge in [0.1, 0.15) is 5.82 Å². The highest BCUT2D eigenvalue weighted by molar-refractivity contribution is 6.31. The minimum absolute atomic E-state index is 0.227. The molecule has 1 saturated heterocycles. The van der Waals surface area contributed by atoms with Crippen LogP contribution in [-0.2, 0) is 6.54 Å². The van der Waals surface area contributed by atoms with Crippen molar-refractivity contribution in [3.63, 3.8) is 0 Å². The highest BCUT2D eigenvalue weighted by atomic mass is 35.5. The molecule has 4 heteroatoms. The predicted octanol–water partition coefficient (Wildman–Crippen LogP) is 2.05. The van der Waals surface area contributed by atoms with E-state index in [0.717, 1.165) is 19.6 Å². The van der Waals surface area contributed by atoms with Gasteiger partial charge in [-0.15, -0.1) is 0 Å². The maximum absolute atomic E-state index is 13.5. The molecule has 15 heavy (non-hydrogen) atoms. The molecule has 0 atom stereocenters. The molecule has 0 bridgehead atoms. The molecule has 1 N–H and O–H groups in total. The van der Waals surface area contributed by atoms with E-state index >= 15 is 0 Å². The third kappa shape index (κ3) is 2.68. The van der Waals surface area contributed by atoms with E-state index in [1.165, 1.54) is 6.07 Å². The number of nitrogens with one attached hydrogen (secondary N) is 1. The summed E-state index contributed by atoms with van der Waals surface area (Å²) in [5, 5.41) is 3.71. The molecule has 0 aromatic heterocycles. The lowest BCUT2D eigenvalue weighted by molar-refractivity contribution is 0.282. The van der Waals surface area contributed by atoms with Gasteiger partial charge < -0.3 is 5.32 Å². The number of nitrogens with zero attached hydrogens (tertiary/aromatic N) is 1. The molecule has 0 unspecified atom stereocenters. The molecule has 0 spiro atoms. The number of halogens is 2. The Bertz CT molecular complexity index is 317. The van der Waals surface area contributed by atoms with Crippen LogP contribution >= 0.6 is 11.6 Å². The van der Waals surface area contributed by atoms with Gasteiger partial charge in [-0.05, 0) is 12.1 Å². The summed E-state index contributed by atoms with van der Waals surface area (Å²) in [5.41, 5.74) is 0.581. The standard InChI is InChI=1S/C11H13ClFN2/c12-10-2-1-3-11(13)9(10)8-15-6-4-14-5-7-15/h1-3,6,14H,4-5,7-8H2. The second-order valence-corrected chi connectivity index (χ2v) is 3.96. The van der Waals surface area contributed by atoms with Crippen molar-refractivity contribution in [3.8, 4) is 0 Å².